The van der Waals surface area contributed by atoms with Gasteiger partial charge in [0, 0.05) is 30.5 Å². The van der Waals surface area contributed by atoms with Gasteiger partial charge in [0.25, 0.3) is 0 Å². The molecule has 29 heavy (non-hydrogen) atoms. The fraction of sp³-hybridized carbons (Fsp3) is 0.318. The zero-order valence-corrected chi connectivity index (χ0v) is 16.0. The Morgan fingerprint density at radius 3 is 3.00 bits per heavy atom. The number of aromatic hydroxyl groups is 1. The Labute approximate surface area is 168 Å². The van der Waals surface area contributed by atoms with E-state index < -0.39 is 0 Å². The number of phenols is 1. The van der Waals surface area contributed by atoms with E-state index >= 15 is 0 Å². The molecule has 2 N–H and O–H groups in total. The van der Waals surface area contributed by atoms with Crippen molar-refractivity contribution in [1.29, 1.82) is 0 Å². The minimum atomic E-state index is 0.0990. The molecular formula is C22H22N5O2-. The molecule has 148 valence electrons. The van der Waals surface area contributed by atoms with Crippen molar-refractivity contribution in [2.75, 3.05) is 18.0 Å². The number of hydrogen-bond donors (Lipinski definition) is 2. The van der Waals surface area contributed by atoms with Crippen LogP contribution in [0.25, 0.3) is 27.6 Å². The van der Waals surface area contributed by atoms with Gasteiger partial charge in [0.2, 0.25) is 0 Å². The predicted molar refractivity (Wildman–Crippen MR) is 112 cm³/mol. The van der Waals surface area contributed by atoms with Crippen molar-refractivity contribution in [3.63, 3.8) is 0 Å². The summed E-state index contributed by atoms with van der Waals surface area (Å²) in [4.78, 5) is 17.4. The van der Waals surface area contributed by atoms with Crippen molar-refractivity contribution in [3.05, 3.63) is 54.4 Å². The first-order valence-electron chi connectivity index (χ1n) is 9.85. The van der Waals surface area contributed by atoms with Gasteiger partial charge in [-0.15, -0.1) is 22.3 Å². The number of fused-ring (bicyclic) bond motifs is 3. The fourth-order valence-electron chi connectivity index (χ4n) is 4.50. The van der Waals surface area contributed by atoms with Crippen LogP contribution >= 0.6 is 0 Å². The number of piperazine rings is 1. The molecule has 1 aromatic carbocycles. The summed E-state index contributed by atoms with van der Waals surface area (Å²) >= 11 is 0. The number of benzene rings is 1. The van der Waals surface area contributed by atoms with Crippen molar-refractivity contribution in [2.45, 2.75) is 24.9 Å². The van der Waals surface area contributed by atoms with E-state index in [2.05, 4.69) is 32.7 Å². The van der Waals surface area contributed by atoms with Gasteiger partial charge in [-0.3, -0.25) is 4.79 Å². The summed E-state index contributed by atoms with van der Waals surface area (Å²) in [6.07, 6.45) is 2.90. The lowest BCUT2D eigenvalue weighted by Crippen LogP contribution is -2.41. The molecule has 0 saturated carbocycles. The SMILES string of the molecule is C=CC(=O)CC1CC2CN(c3cc4cc(-c5ccccc5O)nnc4[nH]3)CC1[N-]2. The monoisotopic (exact) mass is 388 g/mol. The number of carbonyl (C=O) groups is 1. The van der Waals surface area contributed by atoms with Gasteiger partial charge < -0.3 is 20.3 Å². The lowest BCUT2D eigenvalue weighted by Gasteiger charge is -2.44. The first-order chi connectivity index (χ1) is 14.1. The number of H-pyrrole nitrogens is 1. The van der Waals surface area contributed by atoms with Gasteiger partial charge in [-0.05, 0) is 36.3 Å². The van der Waals surface area contributed by atoms with Crippen molar-refractivity contribution < 1.29 is 9.90 Å². The molecule has 3 unspecified atom stereocenters. The number of nitrogens with one attached hydrogen (secondary N) is 1. The molecule has 2 bridgehead atoms. The van der Waals surface area contributed by atoms with Gasteiger partial charge in [0.05, 0.1) is 5.69 Å². The number of anilines is 1. The number of aromatic amines is 1. The number of aromatic nitrogens is 3. The Bertz CT molecular complexity index is 1090. The van der Waals surface area contributed by atoms with E-state index in [1.54, 1.807) is 12.1 Å². The van der Waals surface area contributed by atoms with Crippen molar-refractivity contribution >= 4 is 22.6 Å². The Morgan fingerprint density at radius 2 is 2.17 bits per heavy atom. The topological polar surface area (TPSA) is 96.2 Å². The number of phenolic OH excluding ortho intramolecular Hbond substituents is 1. The minimum Gasteiger partial charge on any atom is -0.654 e. The van der Waals surface area contributed by atoms with Crippen LogP contribution in [0, 0.1) is 5.92 Å². The van der Waals surface area contributed by atoms with E-state index in [4.69, 9.17) is 5.32 Å². The van der Waals surface area contributed by atoms with E-state index in [0.717, 1.165) is 30.7 Å². The molecular weight excluding hydrogens is 366 g/mol. The molecule has 7 nitrogen and oxygen atoms in total. The quantitative estimate of drug-likeness (QED) is 0.653. The van der Waals surface area contributed by atoms with Crippen molar-refractivity contribution in [3.8, 4) is 17.0 Å². The van der Waals surface area contributed by atoms with Gasteiger partial charge in [0.1, 0.15) is 11.6 Å². The predicted octanol–water partition coefficient (Wildman–Crippen LogP) is 3.43. The van der Waals surface area contributed by atoms with E-state index in [-0.39, 0.29) is 23.6 Å². The molecule has 0 radical (unpaired) electrons. The summed E-state index contributed by atoms with van der Waals surface area (Å²) in [6.45, 7) is 5.21. The molecule has 2 aromatic heterocycles. The lowest BCUT2D eigenvalue weighted by atomic mass is 9.94. The molecule has 5 rings (SSSR count). The Kier molecular flexibility index (Phi) is 4.32. The van der Waals surface area contributed by atoms with Crippen molar-refractivity contribution in [1.82, 2.24) is 15.2 Å². The number of hydrogen-bond acceptors (Lipinski definition) is 5. The summed E-state index contributed by atoms with van der Waals surface area (Å²) in [5.41, 5.74) is 2.01. The second-order valence-electron chi connectivity index (χ2n) is 7.85. The van der Waals surface area contributed by atoms with Crippen LogP contribution in [0.4, 0.5) is 5.82 Å². The zero-order chi connectivity index (χ0) is 20.0. The maximum Gasteiger partial charge on any atom is 0.161 e. The highest BCUT2D eigenvalue weighted by atomic mass is 16.3. The Hall–Kier alpha value is -3.19. The summed E-state index contributed by atoms with van der Waals surface area (Å²) in [5, 5.41) is 24.5. The number of rotatable bonds is 5. The molecule has 0 aliphatic carbocycles. The first kappa shape index (κ1) is 17.9. The van der Waals surface area contributed by atoms with Gasteiger partial charge in [0.15, 0.2) is 11.4 Å². The summed E-state index contributed by atoms with van der Waals surface area (Å²) in [7, 11) is 0. The van der Waals surface area contributed by atoms with Gasteiger partial charge in [-0.1, -0.05) is 25.1 Å². The summed E-state index contributed by atoms with van der Waals surface area (Å²) in [5.74, 6) is 1.57. The number of ketones is 1. The molecule has 2 aliphatic heterocycles. The van der Waals surface area contributed by atoms with Crippen LogP contribution < -0.4 is 4.90 Å². The second-order valence-corrected chi connectivity index (χ2v) is 7.85. The van der Waals surface area contributed by atoms with E-state index in [9.17, 15) is 9.90 Å². The molecule has 3 aromatic rings. The van der Waals surface area contributed by atoms with Crippen LogP contribution in [-0.4, -0.2) is 51.2 Å². The number of allylic oxidation sites excluding steroid dienone is 1. The smallest absolute Gasteiger partial charge is 0.161 e. The average Bonchev–Trinajstić information content (AvgIpc) is 3.28. The molecule has 7 heteroatoms. The molecule has 0 spiro atoms. The fourth-order valence-corrected chi connectivity index (χ4v) is 4.50. The first-order valence-corrected chi connectivity index (χ1v) is 9.85. The third-order valence-electron chi connectivity index (χ3n) is 5.93. The van der Waals surface area contributed by atoms with E-state index in [1.807, 2.05) is 18.2 Å². The zero-order valence-electron chi connectivity index (χ0n) is 16.0. The lowest BCUT2D eigenvalue weighted by molar-refractivity contribution is -0.115. The standard InChI is InChI=1S/C22H22N5O2/c1-2-16(28)8-13-7-15-11-27(12-19(13)23-15)21-10-14-9-18(25-26-22(14)24-21)17-5-3-4-6-20(17)29/h2-6,9-10,13,15,19,29H,1,7-8,11-12H2,(H,24,26)/q-1. The summed E-state index contributed by atoms with van der Waals surface area (Å²) in [6, 6.07) is 11.6. The molecule has 4 heterocycles. The normalized spacial score (nSPS) is 23.4. The Balaban J connectivity index is 1.39. The van der Waals surface area contributed by atoms with Crippen LogP contribution in [0.3, 0.4) is 0 Å². The van der Waals surface area contributed by atoms with E-state index in [0.29, 0.717) is 29.2 Å². The minimum absolute atomic E-state index is 0.0990. The van der Waals surface area contributed by atoms with Crippen LogP contribution in [-0.2, 0) is 4.79 Å². The second kappa shape index (κ2) is 7.00. The van der Waals surface area contributed by atoms with Crippen molar-refractivity contribution in [2.24, 2.45) is 5.92 Å². The molecule has 0 amide bonds. The van der Waals surface area contributed by atoms with Crippen LogP contribution in [0.5, 0.6) is 5.75 Å². The third-order valence-corrected chi connectivity index (χ3v) is 5.93. The third kappa shape index (κ3) is 3.27. The van der Waals surface area contributed by atoms with Gasteiger partial charge in [-0.2, -0.15) is 0 Å². The van der Waals surface area contributed by atoms with Gasteiger partial charge in [-0.25, -0.2) is 0 Å². The number of para-hydroxylation sites is 1. The molecule has 2 saturated heterocycles. The highest BCUT2D eigenvalue weighted by Crippen LogP contribution is 2.40. The van der Waals surface area contributed by atoms with Crippen LogP contribution in [0.2, 0.25) is 0 Å². The highest BCUT2D eigenvalue weighted by molar-refractivity contribution is 5.89. The average molecular weight is 388 g/mol. The number of nitrogens with zero attached hydrogens (tertiary/aromatic N) is 4. The Morgan fingerprint density at radius 1 is 1.31 bits per heavy atom. The molecule has 2 fully saturated rings. The van der Waals surface area contributed by atoms with Crippen LogP contribution in [0.15, 0.2) is 49.1 Å². The van der Waals surface area contributed by atoms with Crippen LogP contribution in [0.1, 0.15) is 12.8 Å². The maximum atomic E-state index is 11.8. The van der Waals surface area contributed by atoms with Gasteiger partial charge >= 0.3 is 0 Å². The van der Waals surface area contributed by atoms with E-state index in [1.165, 1.54) is 6.08 Å². The molecule has 2 aliphatic rings. The maximum absolute atomic E-state index is 11.8. The summed E-state index contributed by atoms with van der Waals surface area (Å²) < 4.78 is 0. The number of carbonyl (C=O) groups excluding carboxylic acids is 1. The molecule has 3 atom stereocenters. The highest BCUT2D eigenvalue weighted by Gasteiger charge is 2.32. The largest absolute Gasteiger partial charge is 0.654 e.